The van der Waals surface area contributed by atoms with Crippen LogP contribution < -0.4 is 11.3 Å². The van der Waals surface area contributed by atoms with E-state index in [-0.39, 0.29) is 0 Å². The number of nitrogens with one attached hydrogen (secondary N) is 1. The van der Waals surface area contributed by atoms with Crippen molar-refractivity contribution in [3.63, 3.8) is 0 Å². The van der Waals surface area contributed by atoms with Crippen LogP contribution in [-0.4, -0.2) is 21.1 Å². The van der Waals surface area contributed by atoms with Crippen LogP contribution in [0.15, 0.2) is 57.3 Å². The highest BCUT2D eigenvalue weighted by Crippen LogP contribution is 2.22. The zero-order valence-corrected chi connectivity index (χ0v) is 13.3. The number of hydrogen-bond donors (Lipinski definition) is 2. The number of rotatable bonds is 6. The molecule has 0 radical (unpaired) electrons. The van der Waals surface area contributed by atoms with Gasteiger partial charge in [-0.3, -0.25) is 0 Å². The molecule has 0 saturated heterocycles. The molecule has 1 aromatic carbocycles. The zero-order valence-electron chi connectivity index (χ0n) is 12.5. The number of aryl methyl sites for hydroxylation is 1. The minimum atomic E-state index is 0.361. The van der Waals surface area contributed by atoms with E-state index in [0.29, 0.717) is 16.9 Å². The third kappa shape index (κ3) is 3.92. The molecule has 2 aromatic heterocycles. The van der Waals surface area contributed by atoms with Crippen molar-refractivity contribution in [3.8, 4) is 0 Å². The first-order valence-electron chi connectivity index (χ1n) is 6.94. The van der Waals surface area contributed by atoms with E-state index < -0.39 is 0 Å². The molecular weight excluding hydrogens is 312 g/mol. The van der Waals surface area contributed by atoms with Gasteiger partial charge < -0.3 is 10.3 Å². The number of furan rings is 1. The van der Waals surface area contributed by atoms with Crippen molar-refractivity contribution >= 4 is 23.9 Å². The van der Waals surface area contributed by atoms with Gasteiger partial charge in [0.05, 0.1) is 12.5 Å². The molecule has 3 aromatic rings. The fourth-order valence-corrected chi connectivity index (χ4v) is 2.72. The van der Waals surface area contributed by atoms with Crippen LogP contribution in [0.4, 0.5) is 5.95 Å². The summed E-state index contributed by atoms with van der Waals surface area (Å²) in [6, 6.07) is 11.9. The number of anilines is 1. The molecule has 0 aliphatic heterocycles. The Kier molecular flexibility index (Phi) is 4.62. The summed E-state index contributed by atoms with van der Waals surface area (Å²) in [5.41, 5.74) is 5.18. The van der Waals surface area contributed by atoms with Crippen molar-refractivity contribution in [2.75, 3.05) is 11.3 Å². The minimum absolute atomic E-state index is 0.361. The third-order valence-corrected chi connectivity index (χ3v) is 4.03. The number of aromatic nitrogens is 3. The van der Waals surface area contributed by atoms with Gasteiger partial charge in [-0.1, -0.05) is 41.6 Å². The van der Waals surface area contributed by atoms with Crippen LogP contribution in [0, 0.1) is 6.92 Å². The van der Waals surface area contributed by atoms with Crippen molar-refractivity contribution in [1.29, 1.82) is 0 Å². The molecule has 3 N–H and O–H groups in total. The van der Waals surface area contributed by atoms with E-state index in [2.05, 4.69) is 45.8 Å². The smallest absolute Gasteiger partial charge is 0.264 e. The van der Waals surface area contributed by atoms with Crippen molar-refractivity contribution < 1.29 is 4.42 Å². The summed E-state index contributed by atoms with van der Waals surface area (Å²) >= 11 is 1.51. The van der Waals surface area contributed by atoms with Gasteiger partial charge >= 0.3 is 0 Å². The van der Waals surface area contributed by atoms with Gasteiger partial charge in [-0.15, -0.1) is 10.2 Å². The van der Waals surface area contributed by atoms with Gasteiger partial charge in [0.15, 0.2) is 0 Å². The van der Waals surface area contributed by atoms with Crippen LogP contribution in [0.3, 0.4) is 0 Å². The Labute approximate surface area is 137 Å². The first-order chi connectivity index (χ1) is 11.2. The highest BCUT2D eigenvalue weighted by atomic mass is 32.2. The number of nitrogens with two attached hydrogens (primary N) is 1. The van der Waals surface area contributed by atoms with E-state index in [4.69, 9.17) is 10.3 Å². The molecule has 3 rings (SSSR count). The second-order valence-corrected chi connectivity index (χ2v) is 5.78. The average molecular weight is 328 g/mol. The molecular formula is C15H16N6OS. The molecule has 118 valence electrons. The van der Waals surface area contributed by atoms with E-state index in [1.165, 1.54) is 33.8 Å². The number of nitrogens with zero attached hydrogens (tertiary/aromatic N) is 4. The highest BCUT2D eigenvalue weighted by Gasteiger charge is 2.09. The Bertz CT molecular complexity index is 796. The Balaban J connectivity index is 1.60. The second kappa shape index (κ2) is 7.01. The predicted octanol–water partition coefficient (Wildman–Crippen LogP) is 2.63. The van der Waals surface area contributed by atoms with Gasteiger partial charge in [0.25, 0.3) is 5.95 Å². The average Bonchev–Trinajstić information content (AvgIpc) is 3.17. The Morgan fingerprint density at radius 3 is 3.04 bits per heavy atom. The molecule has 8 heteroatoms. The van der Waals surface area contributed by atoms with Crippen molar-refractivity contribution in [2.24, 2.45) is 5.10 Å². The zero-order chi connectivity index (χ0) is 16.1. The predicted molar refractivity (Wildman–Crippen MR) is 90.8 cm³/mol. The summed E-state index contributed by atoms with van der Waals surface area (Å²) in [6.07, 6.45) is 3.11. The fraction of sp³-hybridized carbons (Fsp3) is 0.133. The first-order valence-corrected chi connectivity index (χ1v) is 7.92. The standard InChI is InChI=1S/C15H16N6OS/c1-11-4-2-5-12(8-11)10-23-15-20-19-14(21(15)16)18-17-9-13-6-3-7-22-13/h2-9H,10,16H2,1H3,(H,18,19)/b17-9+. The van der Waals surface area contributed by atoms with Gasteiger partial charge in [-0.25, -0.2) is 10.1 Å². The van der Waals surface area contributed by atoms with E-state index in [1.807, 2.05) is 6.07 Å². The molecule has 0 saturated carbocycles. The number of hydrazone groups is 1. The van der Waals surface area contributed by atoms with Crippen LogP contribution >= 0.6 is 11.8 Å². The van der Waals surface area contributed by atoms with Gasteiger partial charge in [-0.05, 0) is 24.6 Å². The maximum Gasteiger partial charge on any atom is 0.264 e. The summed E-state index contributed by atoms with van der Waals surface area (Å²) in [7, 11) is 0. The third-order valence-electron chi connectivity index (χ3n) is 3.01. The maximum atomic E-state index is 5.97. The molecule has 7 nitrogen and oxygen atoms in total. The topological polar surface area (TPSA) is 94.3 Å². The van der Waals surface area contributed by atoms with Crippen LogP contribution in [0.5, 0.6) is 0 Å². The molecule has 0 aliphatic rings. The molecule has 0 bridgehead atoms. The number of benzene rings is 1. The number of hydrogen-bond acceptors (Lipinski definition) is 7. The monoisotopic (exact) mass is 328 g/mol. The summed E-state index contributed by atoms with van der Waals surface area (Å²) in [4.78, 5) is 0. The van der Waals surface area contributed by atoms with Crippen molar-refractivity contribution in [2.45, 2.75) is 17.8 Å². The van der Waals surface area contributed by atoms with Crippen LogP contribution in [0.25, 0.3) is 0 Å². The SMILES string of the molecule is Cc1cccc(CSc2nnc(N/N=C/c3ccco3)n2N)c1. The van der Waals surface area contributed by atoms with E-state index in [9.17, 15) is 0 Å². The minimum Gasteiger partial charge on any atom is -0.463 e. The van der Waals surface area contributed by atoms with Crippen molar-refractivity contribution in [1.82, 2.24) is 14.9 Å². The lowest BCUT2D eigenvalue weighted by Crippen LogP contribution is -2.13. The first kappa shape index (κ1) is 15.2. The highest BCUT2D eigenvalue weighted by molar-refractivity contribution is 7.98. The number of nitrogen functional groups attached to an aromatic ring is 1. The lowest BCUT2D eigenvalue weighted by molar-refractivity contribution is 0.560. The van der Waals surface area contributed by atoms with Gasteiger partial charge in [0.2, 0.25) is 5.16 Å². The van der Waals surface area contributed by atoms with E-state index in [0.717, 1.165) is 5.75 Å². The Hall–Kier alpha value is -2.74. The molecule has 0 amide bonds. The largest absolute Gasteiger partial charge is 0.463 e. The molecule has 0 aliphatic carbocycles. The normalized spacial score (nSPS) is 11.2. The summed E-state index contributed by atoms with van der Waals surface area (Å²) in [5, 5.41) is 12.7. The molecule has 0 atom stereocenters. The van der Waals surface area contributed by atoms with Gasteiger partial charge in [0, 0.05) is 5.75 Å². The lowest BCUT2D eigenvalue weighted by Gasteiger charge is -2.03. The van der Waals surface area contributed by atoms with Gasteiger partial charge in [-0.2, -0.15) is 5.10 Å². The molecule has 0 spiro atoms. The Morgan fingerprint density at radius 1 is 1.35 bits per heavy atom. The molecule has 23 heavy (non-hydrogen) atoms. The van der Waals surface area contributed by atoms with Crippen LogP contribution in [0.1, 0.15) is 16.9 Å². The summed E-state index contributed by atoms with van der Waals surface area (Å²) in [6.45, 7) is 2.07. The number of thioether (sulfide) groups is 1. The van der Waals surface area contributed by atoms with Crippen molar-refractivity contribution in [3.05, 3.63) is 59.5 Å². The quantitative estimate of drug-likeness (QED) is 0.313. The molecule has 0 unspecified atom stereocenters. The van der Waals surface area contributed by atoms with Crippen LogP contribution in [0.2, 0.25) is 0 Å². The fourth-order valence-electron chi connectivity index (χ4n) is 1.92. The summed E-state index contributed by atoms with van der Waals surface area (Å²) < 4.78 is 6.51. The lowest BCUT2D eigenvalue weighted by atomic mass is 10.2. The van der Waals surface area contributed by atoms with Gasteiger partial charge in [0.1, 0.15) is 5.76 Å². The van der Waals surface area contributed by atoms with E-state index in [1.54, 1.807) is 18.4 Å². The maximum absolute atomic E-state index is 5.97. The second-order valence-electron chi connectivity index (χ2n) is 4.84. The van der Waals surface area contributed by atoms with E-state index >= 15 is 0 Å². The summed E-state index contributed by atoms with van der Waals surface area (Å²) in [5.74, 6) is 7.73. The Morgan fingerprint density at radius 2 is 2.26 bits per heavy atom. The van der Waals surface area contributed by atoms with Crippen LogP contribution in [-0.2, 0) is 5.75 Å². The molecule has 0 fully saturated rings. The molecule has 2 heterocycles.